The van der Waals surface area contributed by atoms with Crippen LogP contribution in [0.15, 0.2) is 36.9 Å². The lowest BCUT2D eigenvalue weighted by Gasteiger charge is -2.27. The topological polar surface area (TPSA) is 60.9 Å². The molecule has 0 bridgehead atoms. The number of carbonyl (C=O) groups is 2. The SMILES string of the molecule is C=CCN(C)C(=O)N(CCC(=O)O)c1ccc(C)cc1. The lowest BCUT2D eigenvalue weighted by molar-refractivity contribution is -0.136. The van der Waals surface area contributed by atoms with Gasteiger partial charge in [0.15, 0.2) is 0 Å². The van der Waals surface area contributed by atoms with Crippen LogP contribution in [-0.4, -0.2) is 42.1 Å². The molecule has 0 spiro atoms. The van der Waals surface area contributed by atoms with Crippen molar-refractivity contribution in [3.05, 3.63) is 42.5 Å². The van der Waals surface area contributed by atoms with E-state index in [0.717, 1.165) is 5.56 Å². The normalized spacial score (nSPS) is 9.90. The molecule has 0 fully saturated rings. The highest BCUT2D eigenvalue weighted by Crippen LogP contribution is 2.17. The first kappa shape index (κ1) is 15.8. The van der Waals surface area contributed by atoms with E-state index in [4.69, 9.17) is 5.11 Å². The van der Waals surface area contributed by atoms with Gasteiger partial charge in [0.1, 0.15) is 0 Å². The minimum absolute atomic E-state index is 0.0957. The zero-order chi connectivity index (χ0) is 15.1. The second-order valence-corrected chi connectivity index (χ2v) is 4.58. The lowest BCUT2D eigenvalue weighted by Crippen LogP contribution is -2.42. The number of nitrogens with zero attached hydrogens (tertiary/aromatic N) is 2. The van der Waals surface area contributed by atoms with Crippen molar-refractivity contribution in [2.45, 2.75) is 13.3 Å². The molecular formula is C15H20N2O3. The Balaban J connectivity index is 2.94. The molecule has 2 amide bonds. The summed E-state index contributed by atoms with van der Waals surface area (Å²) in [6.07, 6.45) is 1.53. The molecule has 1 N–H and O–H groups in total. The Morgan fingerprint density at radius 1 is 1.30 bits per heavy atom. The average molecular weight is 276 g/mol. The third-order valence-electron chi connectivity index (χ3n) is 2.86. The summed E-state index contributed by atoms with van der Waals surface area (Å²) in [6.45, 7) is 6.10. The largest absolute Gasteiger partial charge is 0.481 e. The molecule has 0 aromatic heterocycles. The molecule has 108 valence electrons. The quantitative estimate of drug-likeness (QED) is 0.812. The van der Waals surface area contributed by atoms with Crippen molar-refractivity contribution in [2.24, 2.45) is 0 Å². The summed E-state index contributed by atoms with van der Waals surface area (Å²) >= 11 is 0. The van der Waals surface area contributed by atoms with Gasteiger partial charge in [0, 0.05) is 25.8 Å². The van der Waals surface area contributed by atoms with Gasteiger partial charge in [-0.3, -0.25) is 9.69 Å². The molecule has 1 aromatic carbocycles. The highest BCUT2D eigenvalue weighted by Gasteiger charge is 2.19. The summed E-state index contributed by atoms with van der Waals surface area (Å²) in [6, 6.07) is 7.18. The van der Waals surface area contributed by atoms with Crippen LogP contribution in [0.1, 0.15) is 12.0 Å². The molecule has 0 atom stereocenters. The number of benzene rings is 1. The van der Waals surface area contributed by atoms with E-state index >= 15 is 0 Å². The fraction of sp³-hybridized carbons (Fsp3) is 0.333. The highest BCUT2D eigenvalue weighted by molar-refractivity contribution is 5.92. The molecule has 1 rings (SSSR count). The minimum atomic E-state index is -0.929. The third kappa shape index (κ3) is 4.42. The highest BCUT2D eigenvalue weighted by atomic mass is 16.4. The molecule has 0 saturated carbocycles. The summed E-state index contributed by atoms with van der Waals surface area (Å²) < 4.78 is 0. The number of hydrogen-bond donors (Lipinski definition) is 1. The van der Waals surface area contributed by atoms with Gasteiger partial charge >= 0.3 is 12.0 Å². The maximum absolute atomic E-state index is 12.3. The number of rotatable bonds is 6. The predicted octanol–water partition coefficient (Wildman–Crippen LogP) is 2.51. The van der Waals surface area contributed by atoms with Crippen LogP contribution in [0.2, 0.25) is 0 Å². The summed E-state index contributed by atoms with van der Waals surface area (Å²) in [5.74, 6) is -0.929. The minimum Gasteiger partial charge on any atom is -0.481 e. The summed E-state index contributed by atoms with van der Waals surface area (Å²) in [4.78, 5) is 26.0. The molecule has 0 heterocycles. The fourth-order valence-corrected chi connectivity index (χ4v) is 1.75. The molecule has 0 unspecified atom stereocenters. The van der Waals surface area contributed by atoms with E-state index in [9.17, 15) is 9.59 Å². The molecule has 0 radical (unpaired) electrons. The van der Waals surface area contributed by atoms with Gasteiger partial charge in [-0.05, 0) is 19.1 Å². The van der Waals surface area contributed by atoms with Crippen molar-refractivity contribution in [3.63, 3.8) is 0 Å². The number of carbonyl (C=O) groups excluding carboxylic acids is 1. The van der Waals surface area contributed by atoms with Gasteiger partial charge in [0.2, 0.25) is 0 Å². The standard InChI is InChI=1S/C15H20N2O3/c1-4-10-16(3)15(20)17(11-9-14(18)19)13-7-5-12(2)6-8-13/h4-8H,1,9-11H2,2-3H3,(H,18,19). The number of likely N-dealkylation sites (N-methyl/N-ethyl adjacent to an activating group) is 1. The van der Waals surface area contributed by atoms with Crippen LogP contribution in [-0.2, 0) is 4.79 Å². The Hall–Kier alpha value is -2.30. The van der Waals surface area contributed by atoms with E-state index in [1.807, 2.05) is 31.2 Å². The zero-order valence-corrected chi connectivity index (χ0v) is 11.9. The van der Waals surface area contributed by atoms with Crippen LogP contribution in [0.5, 0.6) is 0 Å². The number of carboxylic acids is 1. The number of hydrogen-bond acceptors (Lipinski definition) is 2. The van der Waals surface area contributed by atoms with E-state index in [0.29, 0.717) is 12.2 Å². The number of carboxylic acid groups (broad SMARTS) is 1. The van der Waals surface area contributed by atoms with Crippen LogP contribution in [0.25, 0.3) is 0 Å². The van der Waals surface area contributed by atoms with Gasteiger partial charge in [0.05, 0.1) is 6.42 Å². The van der Waals surface area contributed by atoms with Crippen LogP contribution in [0.4, 0.5) is 10.5 Å². The lowest BCUT2D eigenvalue weighted by atomic mass is 10.2. The smallest absolute Gasteiger partial charge is 0.324 e. The molecule has 0 aliphatic heterocycles. The number of anilines is 1. The van der Waals surface area contributed by atoms with Gasteiger partial charge in [-0.25, -0.2) is 4.79 Å². The van der Waals surface area contributed by atoms with Gasteiger partial charge in [-0.1, -0.05) is 23.8 Å². The van der Waals surface area contributed by atoms with Gasteiger partial charge in [-0.2, -0.15) is 0 Å². The number of aliphatic carboxylic acids is 1. The summed E-state index contributed by atoms with van der Waals surface area (Å²) in [5, 5.41) is 8.81. The van der Waals surface area contributed by atoms with Crippen molar-refractivity contribution in [2.75, 3.05) is 25.0 Å². The van der Waals surface area contributed by atoms with E-state index in [-0.39, 0.29) is 19.0 Å². The first-order chi connectivity index (χ1) is 9.45. The number of urea groups is 1. The van der Waals surface area contributed by atoms with Crippen molar-refractivity contribution < 1.29 is 14.7 Å². The number of aryl methyl sites for hydroxylation is 1. The van der Waals surface area contributed by atoms with Crippen molar-refractivity contribution >= 4 is 17.7 Å². The van der Waals surface area contributed by atoms with Crippen LogP contribution in [0.3, 0.4) is 0 Å². The molecule has 0 aliphatic rings. The first-order valence-electron chi connectivity index (χ1n) is 6.37. The maximum Gasteiger partial charge on any atom is 0.324 e. The van der Waals surface area contributed by atoms with Crippen molar-refractivity contribution in [3.8, 4) is 0 Å². The predicted molar refractivity (Wildman–Crippen MR) is 79.0 cm³/mol. The maximum atomic E-state index is 12.3. The Labute approximate surface area is 119 Å². The molecule has 1 aromatic rings. The van der Waals surface area contributed by atoms with Crippen LogP contribution < -0.4 is 4.90 Å². The van der Waals surface area contributed by atoms with Crippen LogP contribution in [0, 0.1) is 6.92 Å². The Kier molecular flexibility index (Phi) is 5.77. The Morgan fingerprint density at radius 2 is 1.90 bits per heavy atom. The third-order valence-corrected chi connectivity index (χ3v) is 2.86. The Morgan fingerprint density at radius 3 is 2.40 bits per heavy atom. The summed E-state index contributed by atoms with van der Waals surface area (Å²) in [7, 11) is 1.66. The van der Waals surface area contributed by atoms with Crippen LogP contribution >= 0.6 is 0 Å². The molecule has 5 heteroatoms. The van der Waals surface area contributed by atoms with Gasteiger partial charge in [-0.15, -0.1) is 6.58 Å². The first-order valence-corrected chi connectivity index (χ1v) is 6.37. The Bertz CT molecular complexity index is 482. The molecule has 20 heavy (non-hydrogen) atoms. The van der Waals surface area contributed by atoms with E-state index in [1.54, 1.807) is 13.1 Å². The molecule has 5 nitrogen and oxygen atoms in total. The molecule has 0 saturated heterocycles. The van der Waals surface area contributed by atoms with E-state index in [1.165, 1.54) is 9.80 Å². The second kappa shape index (κ2) is 7.33. The van der Waals surface area contributed by atoms with Gasteiger partial charge in [0.25, 0.3) is 0 Å². The zero-order valence-electron chi connectivity index (χ0n) is 11.9. The summed E-state index contributed by atoms with van der Waals surface area (Å²) in [5.41, 5.74) is 1.77. The molecule has 0 aliphatic carbocycles. The number of amides is 2. The monoisotopic (exact) mass is 276 g/mol. The second-order valence-electron chi connectivity index (χ2n) is 4.58. The fourth-order valence-electron chi connectivity index (χ4n) is 1.75. The average Bonchev–Trinajstić information content (AvgIpc) is 2.40. The molecular weight excluding hydrogens is 256 g/mol. The van der Waals surface area contributed by atoms with Crippen molar-refractivity contribution in [1.29, 1.82) is 0 Å². The van der Waals surface area contributed by atoms with Gasteiger partial charge < -0.3 is 10.0 Å². The van der Waals surface area contributed by atoms with E-state index < -0.39 is 5.97 Å². The van der Waals surface area contributed by atoms with E-state index in [2.05, 4.69) is 6.58 Å². The van der Waals surface area contributed by atoms with Crippen molar-refractivity contribution in [1.82, 2.24) is 4.90 Å².